The summed E-state index contributed by atoms with van der Waals surface area (Å²) in [6.45, 7) is 3.23. The van der Waals surface area contributed by atoms with Gasteiger partial charge in [0.2, 0.25) is 0 Å². The van der Waals surface area contributed by atoms with Crippen LogP contribution in [0.3, 0.4) is 0 Å². The van der Waals surface area contributed by atoms with E-state index in [0.29, 0.717) is 0 Å². The van der Waals surface area contributed by atoms with Crippen molar-refractivity contribution in [2.45, 2.75) is 23.7 Å². The molecule has 6 heteroatoms. The summed E-state index contributed by atoms with van der Waals surface area (Å²) in [4.78, 5) is 4.06. The lowest BCUT2D eigenvalue weighted by Gasteiger charge is -2.13. The van der Waals surface area contributed by atoms with Crippen LogP contribution >= 0.6 is 23.3 Å². The predicted octanol–water partition coefficient (Wildman–Crippen LogP) is 0.991. The largest absolute Gasteiger partial charge is 0.395 e. The summed E-state index contributed by atoms with van der Waals surface area (Å²) in [6.07, 6.45) is 2.64. The zero-order valence-electron chi connectivity index (χ0n) is 8.14. The summed E-state index contributed by atoms with van der Waals surface area (Å²) in [5, 5.41) is 12.3. The van der Waals surface area contributed by atoms with Gasteiger partial charge in [0.15, 0.2) is 4.34 Å². The van der Waals surface area contributed by atoms with Gasteiger partial charge < -0.3 is 10.4 Å². The van der Waals surface area contributed by atoms with Gasteiger partial charge in [-0.2, -0.15) is 4.37 Å². The fourth-order valence-corrected chi connectivity index (χ4v) is 2.43. The van der Waals surface area contributed by atoms with E-state index in [1.54, 1.807) is 18.1 Å². The highest BCUT2D eigenvalue weighted by atomic mass is 32.2. The Labute approximate surface area is 92.3 Å². The molecule has 1 aromatic rings. The Morgan fingerprint density at radius 3 is 3.14 bits per heavy atom. The van der Waals surface area contributed by atoms with Gasteiger partial charge in [0.25, 0.3) is 0 Å². The normalized spacial score (nSPS) is 13.0. The van der Waals surface area contributed by atoms with E-state index in [4.69, 9.17) is 5.11 Å². The first kappa shape index (κ1) is 11.9. The quantitative estimate of drug-likeness (QED) is 0.688. The average molecular weight is 233 g/mol. The van der Waals surface area contributed by atoms with Crippen LogP contribution in [0.4, 0.5) is 0 Å². The number of nitrogens with one attached hydrogen (secondary N) is 1. The van der Waals surface area contributed by atoms with Crippen molar-refractivity contribution in [3.8, 4) is 0 Å². The minimum Gasteiger partial charge on any atom is -0.395 e. The number of hydrogen-bond donors (Lipinski definition) is 2. The molecule has 80 valence electrons. The van der Waals surface area contributed by atoms with Crippen molar-refractivity contribution in [1.29, 1.82) is 0 Å². The Hall–Kier alpha value is -0.170. The monoisotopic (exact) mass is 233 g/mol. The molecule has 0 saturated heterocycles. The van der Waals surface area contributed by atoms with Crippen molar-refractivity contribution in [2.75, 3.05) is 18.9 Å². The number of aliphatic hydroxyl groups excluding tert-OH is 1. The predicted molar refractivity (Wildman–Crippen MR) is 59.8 cm³/mol. The van der Waals surface area contributed by atoms with Crippen LogP contribution in [0.1, 0.15) is 13.3 Å². The Balaban J connectivity index is 2.20. The fourth-order valence-electron chi connectivity index (χ4n) is 0.923. The minimum atomic E-state index is 0.156. The van der Waals surface area contributed by atoms with Gasteiger partial charge in [-0.15, -0.1) is 0 Å². The zero-order chi connectivity index (χ0) is 10.2. The highest BCUT2D eigenvalue weighted by Crippen LogP contribution is 2.18. The van der Waals surface area contributed by atoms with E-state index < -0.39 is 0 Å². The third-order valence-electron chi connectivity index (χ3n) is 1.65. The average Bonchev–Trinajstić information content (AvgIpc) is 2.71. The lowest BCUT2D eigenvalue weighted by atomic mass is 10.3. The van der Waals surface area contributed by atoms with E-state index in [-0.39, 0.29) is 12.6 Å². The SMILES string of the molecule is CCCNC(CO)CSc1ncns1. The molecule has 0 aliphatic heterocycles. The summed E-state index contributed by atoms with van der Waals surface area (Å²) in [7, 11) is 0. The van der Waals surface area contributed by atoms with E-state index in [1.807, 2.05) is 0 Å². The maximum atomic E-state index is 9.07. The van der Waals surface area contributed by atoms with Crippen LogP contribution in [0, 0.1) is 0 Å². The highest BCUT2D eigenvalue weighted by molar-refractivity contribution is 8.00. The Morgan fingerprint density at radius 2 is 2.57 bits per heavy atom. The number of aromatic nitrogens is 2. The second-order valence-electron chi connectivity index (χ2n) is 2.85. The summed E-state index contributed by atoms with van der Waals surface area (Å²) < 4.78 is 4.87. The third kappa shape index (κ3) is 4.36. The molecule has 1 rings (SSSR count). The van der Waals surface area contributed by atoms with Gasteiger partial charge in [-0.1, -0.05) is 18.7 Å². The lowest BCUT2D eigenvalue weighted by Crippen LogP contribution is -2.35. The van der Waals surface area contributed by atoms with E-state index in [0.717, 1.165) is 23.1 Å². The van der Waals surface area contributed by atoms with Gasteiger partial charge in [-0.3, -0.25) is 0 Å². The molecule has 0 bridgehead atoms. The van der Waals surface area contributed by atoms with E-state index in [1.165, 1.54) is 11.5 Å². The molecule has 2 N–H and O–H groups in total. The molecule has 1 atom stereocenters. The first-order valence-corrected chi connectivity index (χ1v) is 6.36. The Morgan fingerprint density at radius 1 is 1.71 bits per heavy atom. The molecule has 0 amide bonds. The van der Waals surface area contributed by atoms with Crippen molar-refractivity contribution < 1.29 is 5.11 Å². The van der Waals surface area contributed by atoms with Gasteiger partial charge in [0, 0.05) is 11.8 Å². The molecule has 0 fully saturated rings. The van der Waals surface area contributed by atoms with Crippen molar-refractivity contribution in [3.05, 3.63) is 6.33 Å². The molecule has 4 nitrogen and oxygen atoms in total. The van der Waals surface area contributed by atoms with Crippen LogP contribution in [0.2, 0.25) is 0 Å². The minimum absolute atomic E-state index is 0.156. The standard InChI is InChI=1S/C8H15N3OS2/c1-2-3-9-7(4-12)5-13-8-10-6-11-14-8/h6-7,9,12H,2-5H2,1H3. The number of nitrogens with zero attached hydrogens (tertiary/aromatic N) is 2. The molecular weight excluding hydrogens is 218 g/mol. The number of rotatable bonds is 7. The third-order valence-corrected chi connectivity index (χ3v) is 3.61. The van der Waals surface area contributed by atoms with Crippen molar-refractivity contribution in [2.24, 2.45) is 0 Å². The number of hydrogen-bond acceptors (Lipinski definition) is 6. The van der Waals surface area contributed by atoms with Gasteiger partial charge in [0.1, 0.15) is 6.33 Å². The van der Waals surface area contributed by atoms with Crippen molar-refractivity contribution >= 4 is 23.3 Å². The smallest absolute Gasteiger partial charge is 0.169 e. The zero-order valence-corrected chi connectivity index (χ0v) is 9.77. The van der Waals surface area contributed by atoms with E-state index >= 15 is 0 Å². The van der Waals surface area contributed by atoms with Gasteiger partial charge in [-0.05, 0) is 24.5 Å². The van der Waals surface area contributed by atoms with Gasteiger partial charge in [-0.25, -0.2) is 4.98 Å². The molecule has 1 aromatic heterocycles. The van der Waals surface area contributed by atoms with E-state index in [9.17, 15) is 0 Å². The summed E-state index contributed by atoms with van der Waals surface area (Å²) >= 11 is 3.02. The maximum Gasteiger partial charge on any atom is 0.169 e. The second-order valence-corrected chi connectivity index (χ2v) is 4.90. The van der Waals surface area contributed by atoms with Crippen LogP contribution < -0.4 is 5.32 Å². The molecule has 1 unspecified atom stereocenters. The molecule has 1 heterocycles. The molecule has 0 aliphatic carbocycles. The maximum absolute atomic E-state index is 9.07. The van der Waals surface area contributed by atoms with Crippen LogP contribution in [-0.4, -0.2) is 39.4 Å². The topological polar surface area (TPSA) is 58.0 Å². The van der Waals surface area contributed by atoms with Crippen LogP contribution in [0.25, 0.3) is 0 Å². The Kier molecular flexibility index (Phi) is 6.09. The van der Waals surface area contributed by atoms with Crippen molar-refractivity contribution in [3.63, 3.8) is 0 Å². The summed E-state index contributed by atoms with van der Waals surface area (Å²) in [6, 6.07) is 0.156. The fraction of sp³-hybridized carbons (Fsp3) is 0.750. The first-order chi connectivity index (χ1) is 6.86. The number of aliphatic hydroxyl groups is 1. The molecular formula is C8H15N3OS2. The van der Waals surface area contributed by atoms with Crippen LogP contribution in [0.15, 0.2) is 10.7 Å². The molecule has 0 radical (unpaired) electrons. The molecule has 0 saturated carbocycles. The van der Waals surface area contributed by atoms with Crippen molar-refractivity contribution in [1.82, 2.24) is 14.7 Å². The van der Waals surface area contributed by atoms with Gasteiger partial charge in [0.05, 0.1) is 6.61 Å². The molecule has 0 spiro atoms. The first-order valence-electron chi connectivity index (χ1n) is 4.60. The van der Waals surface area contributed by atoms with Crippen LogP contribution in [-0.2, 0) is 0 Å². The molecule has 14 heavy (non-hydrogen) atoms. The van der Waals surface area contributed by atoms with E-state index in [2.05, 4.69) is 21.6 Å². The number of thioether (sulfide) groups is 1. The van der Waals surface area contributed by atoms with Crippen LogP contribution in [0.5, 0.6) is 0 Å². The highest BCUT2D eigenvalue weighted by Gasteiger charge is 2.07. The molecule has 0 aliphatic rings. The van der Waals surface area contributed by atoms with Gasteiger partial charge >= 0.3 is 0 Å². The second kappa shape index (κ2) is 7.17. The summed E-state index contributed by atoms with van der Waals surface area (Å²) in [5.41, 5.74) is 0. The molecule has 0 aromatic carbocycles. The Bertz CT molecular complexity index is 231. The summed E-state index contributed by atoms with van der Waals surface area (Å²) in [5.74, 6) is 0.839. The lowest BCUT2D eigenvalue weighted by molar-refractivity contribution is 0.254.